The molecular weight excluding hydrogens is 365 g/mol. The summed E-state index contributed by atoms with van der Waals surface area (Å²) in [5, 5.41) is 2.83. The first-order chi connectivity index (χ1) is 13.1. The van der Waals surface area contributed by atoms with Crippen LogP contribution in [0.5, 0.6) is 0 Å². The maximum atomic E-state index is 13.4. The van der Waals surface area contributed by atoms with Crippen LogP contribution in [0.3, 0.4) is 0 Å². The SMILES string of the molecule is O=C(Nc1ccc(F)c(Cl)c1)N1CCn2cccc2[C@@H]1Cc1ccccc1. The van der Waals surface area contributed by atoms with Gasteiger partial charge >= 0.3 is 6.03 Å². The van der Waals surface area contributed by atoms with E-state index in [-0.39, 0.29) is 17.1 Å². The number of rotatable bonds is 3. The Hall–Kier alpha value is -2.79. The molecule has 0 unspecified atom stereocenters. The number of carbonyl (C=O) groups excluding carboxylic acids is 1. The lowest BCUT2D eigenvalue weighted by atomic mass is 10.0. The predicted octanol–water partition coefficient (Wildman–Crippen LogP) is 5.11. The largest absolute Gasteiger partial charge is 0.348 e. The maximum Gasteiger partial charge on any atom is 0.322 e. The van der Waals surface area contributed by atoms with Crippen molar-refractivity contribution in [2.75, 3.05) is 11.9 Å². The maximum absolute atomic E-state index is 13.4. The highest BCUT2D eigenvalue weighted by atomic mass is 35.5. The fourth-order valence-electron chi connectivity index (χ4n) is 3.53. The molecule has 1 aromatic heterocycles. The van der Waals surface area contributed by atoms with Crippen molar-refractivity contribution in [2.45, 2.75) is 19.0 Å². The second kappa shape index (κ2) is 7.45. The van der Waals surface area contributed by atoms with Crippen LogP contribution in [-0.4, -0.2) is 22.0 Å². The summed E-state index contributed by atoms with van der Waals surface area (Å²) in [5.74, 6) is -0.507. The zero-order valence-corrected chi connectivity index (χ0v) is 15.4. The van der Waals surface area contributed by atoms with Gasteiger partial charge in [-0.05, 0) is 42.3 Å². The molecule has 138 valence electrons. The van der Waals surface area contributed by atoms with E-state index in [4.69, 9.17) is 11.6 Å². The molecule has 0 fully saturated rings. The standard InChI is InChI=1S/C21H19ClFN3O/c22-17-14-16(8-9-18(17)23)24-21(27)26-12-11-25-10-4-7-19(25)20(26)13-15-5-2-1-3-6-15/h1-10,14,20H,11-13H2,(H,24,27)/t20-/m0/s1. The first-order valence-corrected chi connectivity index (χ1v) is 9.21. The summed E-state index contributed by atoms with van der Waals surface area (Å²) in [6, 6.07) is 18.1. The van der Waals surface area contributed by atoms with Crippen LogP contribution in [-0.2, 0) is 13.0 Å². The lowest BCUT2D eigenvalue weighted by Crippen LogP contribution is -2.44. The van der Waals surface area contributed by atoms with E-state index in [9.17, 15) is 9.18 Å². The Balaban J connectivity index is 1.59. The molecule has 1 aliphatic heterocycles. The van der Waals surface area contributed by atoms with Crippen molar-refractivity contribution < 1.29 is 9.18 Å². The number of fused-ring (bicyclic) bond motifs is 1. The van der Waals surface area contributed by atoms with Gasteiger partial charge in [0.15, 0.2) is 0 Å². The monoisotopic (exact) mass is 383 g/mol. The third-order valence-corrected chi connectivity index (χ3v) is 5.16. The fraction of sp³-hybridized carbons (Fsp3) is 0.190. The first kappa shape index (κ1) is 17.6. The van der Waals surface area contributed by atoms with E-state index < -0.39 is 5.82 Å². The summed E-state index contributed by atoms with van der Waals surface area (Å²) < 4.78 is 15.6. The van der Waals surface area contributed by atoms with Crippen molar-refractivity contribution in [2.24, 2.45) is 0 Å². The van der Waals surface area contributed by atoms with E-state index in [1.54, 1.807) is 0 Å². The number of aromatic nitrogens is 1. The second-order valence-electron chi connectivity index (χ2n) is 6.58. The van der Waals surface area contributed by atoms with Gasteiger partial charge in [0.25, 0.3) is 0 Å². The number of hydrogen-bond donors (Lipinski definition) is 1. The summed E-state index contributed by atoms with van der Waals surface area (Å²) in [6.45, 7) is 1.34. The Morgan fingerprint density at radius 3 is 2.70 bits per heavy atom. The third kappa shape index (κ3) is 3.69. The van der Waals surface area contributed by atoms with Gasteiger partial charge in [-0.2, -0.15) is 0 Å². The lowest BCUT2D eigenvalue weighted by Gasteiger charge is -2.37. The molecule has 6 heteroatoms. The van der Waals surface area contributed by atoms with E-state index in [1.165, 1.54) is 23.8 Å². The molecule has 2 amide bonds. The Morgan fingerprint density at radius 2 is 1.93 bits per heavy atom. The van der Waals surface area contributed by atoms with Crippen LogP contribution in [0.1, 0.15) is 17.3 Å². The molecule has 0 saturated heterocycles. The van der Waals surface area contributed by atoms with E-state index in [1.807, 2.05) is 35.4 Å². The van der Waals surface area contributed by atoms with Crippen LogP contribution in [0.4, 0.5) is 14.9 Å². The number of nitrogens with one attached hydrogen (secondary N) is 1. The van der Waals surface area contributed by atoms with Gasteiger partial charge in [-0.25, -0.2) is 9.18 Å². The van der Waals surface area contributed by atoms with Gasteiger partial charge in [0, 0.05) is 30.7 Å². The highest BCUT2D eigenvalue weighted by Gasteiger charge is 2.31. The zero-order valence-electron chi connectivity index (χ0n) is 14.6. The average molecular weight is 384 g/mol. The van der Waals surface area contributed by atoms with Crippen LogP contribution in [0.25, 0.3) is 0 Å². The van der Waals surface area contributed by atoms with Gasteiger partial charge in [-0.15, -0.1) is 0 Å². The number of halogens is 2. The van der Waals surface area contributed by atoms with Crippen LogP contribution >= 0.6 is 11.6 Å². The van der Waals surface area contributed by atoms with Crippen LogP contribution in [0.2, 0.25) is 5.02 Å². The Kier molecular flexibility index (Phi) is 4.86. The number of benzene rings is 2. The molecule has 1 aliphatic rings. The van der Waals surface area contributed by atoms with Crippen LogP contribution in [0.15, 0.2) is 66.9 Å². The summed E-state index contributed by atoms with van der Waals surface area (Å²) in [4.78, 5) is 14.8. The summed E-state index contributed by atoms with van der Waals surface area (Å²) in [5.41, 5.74) is 2.75. The summed E-state index contributed by atoms with van der Waals surface area (Å²) in [6.07, 6.45) is 2.77. The van der Waals surface area contributed by atoms with E-state index in [0.29, 0.717) is 12.2 Å². The molecule has 4 nitrogen and oxygen atoms in total. The van der Waals surface area contributed by atoms with Crippen LogP contribution in [0, 0.1) is 5.82 Å². The lowest BCUT2D eigenvalue weighted by molar-refractivity contribution is 0.167. The Morgan fingerprint density at radius 1 is 1.11 bits per heavy atom. The Bertz CT molecular complexity index is 957. The van der Waals surface area contributed by atoms with Gasteiger partial charge < -0.3 is 14.8 Å². The predicted molar refractivity (Wildman–Crippen MR) is 104 cm³/mol. The van der Waals surface area contributed by atoms with Crippen molar-refractivity contribution in [3.05, 3.63) is 89.0 Å². The molecule has 0 bridgehead atoms. The van der Waals surface area contributed by atoms with Gasteiger partial charge in [0.2, 0.25) is 0 Å². The minimum atomic E-state index is -0.507. The van der Waals surface area contributed by atoms with Crippen LogP contribution < -0.4 is 5.32 Å². The average Bonchev–Trinajstić information content (AvgIpc) is 3.15. The molecule has 1 N–H and O–H groups in total. The smallest absolute Gasteiger partial charge is 0.322 e. The highest BCUT2D eigenvalue weighted by molar-refractivity contribution is 6.31. The zero-order chi connectivity index (χ0) is 18.8. The normalized spacial score (nSPS) is 16.1. The molecule has 4 rings (SSSR count). The molecule has 2 aromatic carbocycles. The quantitative estimate of drug-likeness (QED) is 0.670. The minimum absolute atomic E-state index is 0.0128. The van der Waals surface area contributed by atoms with Crippen molar-refractivity contribution >= 4 is 23.3 Å². The number of anilines is 1. The summed E-state index contributed by atoms with van der Waals surface area (Å²) >= 11 is 5.83. The van der Waals surface area contributed by atoms with Gasteiger partial charge in [0.05, 0.1) is 11.1 Å². The number of hydrogen-bond acceptors (Lipinski definition) is 1. The molecule has 2 heterocycles. The Labute approximate surface area is 162 Å². The van der Waals surface area contributed by atoms with Gasteiger partial charge in [0.1, 0.15) is 5.82 Å². The topological polar surface area (TPSA) is 37.3 Å². The summed E-state index contributed by atoms with van der Waals surface area (Å²) in [7, 11) is 0. The van der Waals surface area contributed by atoms with E-state index in [0.717, 1.165) is 18.7 Å². The second-order valence-corrected chi connectivity index (χ2v) is 6.99. The molecule has 3 aromatic rings. The molecule has 1 atom stereocenters. The van der Waals surface area contributed by atoms with Crippen molar-refractivity contribution in [1.29, 1.82) is 0 Å². The third-order valence-electron chi connectivity index (χ3n) is 4.87. The number of amides is 2. The van der Waals surface area contributed by atoms with Crippen molar-refractivity contribution in [3.8, 4) is 0 Å². The fourth-order valence-corrected chi connectivity index (χ4v) is 3.71. The molecule has 0 saturated carbocycles. The number of nitrogens with zero attached hydrogens (tertiary/aromatic N) is 2. The molecule has 0 spiro atoms. The molecule has 0 radical (unpaired) electrons. The molecule has 0 aliphatic carbocycles. The highest BCUT2D eigenvalue weighted by Crippen LogP contribution is 2.30. The van der Waals surface area contributed by atoms with Gasteiger partial charge in [-0.3, -0.25) is 0 Å². The first-order valence-electron chi connectivity index (χ1n) is 8.83. The van der Waals surface area contributed by atoms with E-state index >= 15 is 0 Å². The van der Waals surface area contributed by atoms with E-state index in [2.05, 4.69) is 28.1 Å². The number of carbonyl (C=O) groups is 1. The molecule has 27 heavy (non-hydrogen) atoms. The van der Waals surface area contributed by atoms with Gasteiger partial charge in [-0.1, -0.05) is 41.9 Å². The number of urea groups is 1. The van der Waals surface area contributed by atoms with Crippen molar-refractivity contribution in [1.82, 2.24) is 9.47 Å². The van der Waals surface area contributed by atoms with Crippen molar-refractivity contribution in [3.63, 3.8) is 0 Å². The molecular formula is C21H19ClFN3O. The minimum Gasteiger partial charge on any atom is -0.348 e.